The molecule has 4 aromatic rings. The van der Waals surface area contributed by atoms with Crippen molar-refractivity contribution in [3.63, 3.8) is 0 Å². The van der Waals surface area contributed by atoms with Gasteiger partial charge in [0.15, 0.2) is 0 Å². The number of anilines is 1. The number of nitrogens with one attached hydrogen (secondary N) is 5. The van der Waals surface area contributed by atoms with E-state index in [-0.39, 0.29) is 11.7 Å². The molecule has 1 fully saturated rings. The fraction of sp³-hybridized carbons (Fsp3) is 0.0870. The Labute approximate surface area is 189 Å². The van der Waals surface area contributed by atoms with E-state index in [0.717, 1.165) is 11.3 Å². The molecule has 3 heterocycles. The Morgan fingerprint density at radius 3 is 2.61 bits per heavy atom. The first-order valence-corrected chi connectivity index (χ1v) is 10.2. The number of halogens is 1. The van der Waals surface area contributed by atoms with Gasteiger partial charge in [0.05, 0.1) is 23.3 Å². The molecule has 2 aromatic carbocycles. The van der Waals surface area contributed by atoms with Gasteiger partial charge in [-0.2, -0.15) is 11.1 Å². The highest BCUT2D eigenvalue weighted by atomic mass is 19.1. The topological polar surface area (TPSA) is 108 Å². The molecule has 0 atom stereocenters. The zero-order valence-electron chi connectivity index (χ0n) is 17.6. The van der Waals surface area contributed by atoms with Crippen LogP contribution in [0.1, 0.15) is 22.1 Å². The fourth-order valence-corrected chi connectivity index (χ4v) is 3.70. The third kappa shape index (κ3) is 4.23. The second-order valence-electron chi connectivity index (χ2n) is 7.51. The number of hydrazine groups is 3. The summed E-state index contributed by atoms with van der Waals surface area (Å²) >= 11 is 0. The molecule has 1 aliphatic rings. The Balaban J connectivity index is 1.51. The van der Waals surface area contributed by atoms with Gasteiger partial charge in [-0.3, -0.25) is 9.78 Å². The van der Waals surface area contributed by atoms with Crippen LogP contribution in [0.5, 0.6) is 0 Å². The van der Waals surface area contributed by atoms with Crippen LogP contribution < -0.4 is 27.2 Å². The number of carbonyl (C=O) groups is 1. The predicted molar refractivity (Wildman–Crippen MR) is 122 cm³/mol. The summed E-state index contributed by atoms with van der Waals surface area (Å²) in [5.74, 6) is -1.13. The van der Waals surface area contributed by atoms with E-state index in [9.17, 15) is 9.18 Å². The molecule has 0 aliphatic carbocycles. The van der Waals surface area contributed by atoms with Crippen molar-refractivity contribution in [2.24, 2.45) is 7.05 Å². The number of aromatic nitrogens is 3. The Hall–Kier alpha value is -3.96. The summed E-state index contributed by atoms with van der Waals surface area (Å²) in [6.45, 7) is 0. The van der Waals surface area contributed by atoms with Gasteiger partial charge in [-0.1, -0.05) is 18.2 Å². The quantitative estimate of drug-likeness (QED) is 0.322. The number of nitrogens with zero attached hydrogens (tertiary/aromatic N) is 3. The van der Waals surface area contributed by atoms with E-state index in [1.807, 2.05) is 29.8 Å². The summed E-state index contributed by atoms with van der Waals surface area (Å²) in [7, 11) is 1.84. The molecule has 166 valence electrons. The first-order valence-electron chi connectivity index (χ1n) is 10.2. The van der Waals surface area contributed by atoms with E-state index in [2.05, 4.69) is 37.2 Å². The molecule has 10 heteroatoms. The van der Waals surface area contributed by atoms with Gasteiger partial charge >= 0.3 is 0 Å². The number of carbonyl (C=O) groups excluding carboxylic acids is 1. The molecule has 1 amide bonds. The van der Waals surface area contributed by atoms with Crippen molar-refractivity contribution in [1.82, 2.24) is 36.5 Å². The van der Waals surface area contributed by atoms with Crippen LogP contribution >= 0.6 is 0 Å². The number of rotatable bonds is 5. The van der Waals surface area contributed by atoms with Crippen molar-refractivity contribution in [2.75, 3.05) is 5.32 Å². The third-order valence-electron chi connectivity index (χ3n) is 5.31. The van der Waals surface area contributed by atoms with E-state index in [0.29, 0.717) is 22.6 Å². The second-order valence-corrected chi connectivity index (χ2v) is 7.51. The highest BCUT2D eigenvalue weighted by molar-refractivity contribution is 6.05. The molecule has 1 aliphatic heterocycles. The number of benzene rings is 2. The Morgan fingerprint density at radius 2 is 1.82 bits per heavy atom. The largest absolute Gasteiger partial charge is 0.333 e. The number of imidazole rings is 1. The van der Waals surface area contributed by atoms with Gasteiger partial charge in [-0.15, -0.1) is 0 Å². The summed E-state index contributed by atoms with van der Waals surface area (Å²) in [5.41, 5.74) is 15.8. The number of hydrogen-bond acceptors (Lipinski definition) is 7. The van der Waals surface area contributed by atoms with Gasteiger partial charge in [-0.25, -0.2) is 20.2 Å². The lowest BCUT2D eigenvalue weighted by Crippen LogP contribution is -2.33. The Morgan fingerprint density at radius 1 is 1.03 bits per heavy atom. The summed E-state index contributed by atoms with van der Waals surface area (Å²) in [4.78, 5) is 21.8. The number of pyridine rings is 1. The highest BCUT2D eigenvalue weighted by Crippen LogP contribution is 2.32. The monoisotopic (exact) mass is 444 g/mol. The molecule has 5 N–H and O–H groups in total. The minimum atomic E-state index is -0.602. The smallest absolute Gasteiger partial charge is 0.258 e. The van der Waals surface area contributed by atoms with Crippen LogP contribution in [0, 0.1) is 5.82 Å². The molecule has 0 unspecified atom stereocenters. The maximum Gasteiger partial charge on any atom is 0.258 e. The maximum atomic E-state index is 14.6. The summed E-state index contributed by atoms with van der Waals surface area (Å²) in [6, 6.07) is 17.2. The van der Waals surface area contributed by atoms with Crippen LogP contribution in [0.3, 0.4) is 0 Å². The lowest BCUT2D eigenvalue weighted by molar-refractivity contribution is 0.102. The average Bonchev–Trinajstić information content (AvgIpc) is 3.50. The molecule has 2 aromatic heterocycles. The second kappa shape index (κ2) is 8.88. The molecule has 1 saturated heterocycles. The average molecular weight is 444 g/mol. The maximum absolute atomic E-state index is 14.6. The number of aryl methyl sites for hydroxylation is 1. The first-order chi connectivity index (χ1) is 16.1. The van der Waals surface area contributed by atoms with E-state index < -0.39 is 11.7 Å². The molecule has 0 bridgehead atoms. The fourth-order valence-electron chi connectivity index (χ4n) is 3.70. The van der Waals surface area contributed by atoms with Crippen molar-refractivity contribution in [3.05, 3.63) is 90.1 Å². The van der Waals surface area contributed by atoms with Gasteiger partial charge in [0.1, 0.15) is 17.7 Å². The number of amides is 1. The summed E-state index contributed by atoms with van der Waals surface area (Å²) < 4.78 is 16.4. The first kappa shape index (κ1) is 20.9. The zero-order chi connectivity index (χ0) is 22.8. The van der Waals surface area contributed by atoms with Gasteiger partial charge < -0.3 is 9.88 Å². The molecular formula is C23H21FN8O. The molecular weight excluding hydrogens is 423 g/mol. The minimum absolute atomic E-state index is 0.0540. The SMILES string of the molecule is Cn1cnc(-c2cc(C3NNNN3)ccn2)c1-c1ccc(F)c(C(=O)Nc2ccccc2)c1. The van der Waals surface area contributed by atoms with Crippen LogP contribution in [0.2, 0.25) is 0 Å². The van der Waals surface area contributed by atoms with Crippen LogP contribution in [-0.2, 0) is 7.05 Å². The normalized spacial score (nSPS) is 13.9. The van der Waals surface area contributed by atoms with Gasteiger partial charge in [0.2, 0.25) is 0 Å². The third-order valence-corrected chi connectivity index (χ3v) is 5.31. The summed E-state index contributed by atoms with van der Waals surface area (Å²) in [5, 5.41) is 2.73. The molecule has 0 saturated carbocycles. The van der Waals surface area contributed by atoms with Crippen molar-refractivity contribution in [2.45, 2.75) is 6.17 Å². The lowest BCUT2D eigenvalue weighted by Gasteiger charge is -2.12. The van der Waals surface area contributed by atoms with Gasteiger partial charge in [0.25, 0.3) is 5.91 Å². The molecule has 33 heavy (non-hydrogen) atoms. The molecule has 5 rings (SSSR count). The Bertz CT molecular complexity index is 1300. The van der Waals surface area contributed by atoms with E-state index in [1.54, 1.807) is 42.9 Å². The van der Waals surface area contributed by atoms with E-state index in [1.165, 1.54) is 12.1 Å². The minimum Gasteiger partial charge on any atom is -0.333 e. The van der Waals surface area contributed by atoms with E-state index >= 15 is 0 Å². The summed E-state index contributed by atoms with van der Waals surface area (Å²) in [6.07, 6.45) is 3.22. The standard InChI is InChI=1S/C23H21FN8O/c1-32-13-26-20(19-12-15(9-10-25-19)22-28-30-31-29-22)21(32)14-7-8-18(24)17(11-14)23(33)27-16-5-3-2-4-6-16/h2-13,22,28-31H,1H3,(H,27,33). The molecule has 0 spiro atoms. The van der Waals surface area contributed by atoms with Crippen molar-refractivity contribution in [3.8, 4) is 22.6 Å². The predicted octanol–water partition coefficient (Wildman–Crippen LogP) is 2.66. The van der Waals surface area contributed by atoms with Crippen LogP contribution in [-0.4, -0.2) is 20.4 Å². The van der Waals surface area contributed by atoms with Gasteiger partial charge in [-0.05, 0) is 48.0 Å². The lowest BCUT2D eigenvalue weighted by atomic mass is 10.0. The van der Waals surface area contributed by atoms with Crippen molar-refractivity contribution < 1.29 is 9.18 Å². The number of para-hydroxylation sites is 1. The van der Waals surface area contributed by atoms with E-state index in [4.69, 9.17) is 0 Å². The zero-order valence-corrected chi connectivity index (χ0v) is 17.6. The molecule has 9 nitrogen and oxygen atoms in total. The highest BCUT2D eigenvalue weighted by Gasteiger charge is 2.21. The van der Waals surface area contributed by atoms with Gasteiger partial charge in [0, 0.05) is 24.5 Å². The van der Waals surface area contributed by atoms with Crippen LogP contribution in [0.15, 0.2) is 73.2 Å². The number of hydrogen-bond donors (Lipinski definition) is 5. The Kier molecular flexibility index (Phi) is 5.63. The van der Waals surface area contributed by atoms with Crippen LogP contribution in [0.25, 0.3) is 22.6 Å². The molecule has 0 radical (unpaired) electrons. The van der Waals surface area contributed by atoms with Crippen molar-refractivity contribution >= 4 is 11.6 Å². The van der Waals surface area contributed by atoms with Crippen molar-refractivity contribution in [1.29, 1.82) is 0 Å². The van der Waals surface area contributed by atoms with Crippen LogP contribution in [0.4, 0.5) is 10.1 Å².